The Bertz CT molecular complexity index is 221. The number of nitrogens with one attached hydrogen (secondary N) is 1. The highest BCUT2D eigenvalue weighted by molar-refractivity contribution is 5.77. The molecule has 0 aliphatic carbocycles. The number of carbonyl (C=O) groups excluding carboxylic acids is 2. The lowest BCUT2D eigenvalue weighted by Gasteiger charge is -2.25. The Morgan fingerprint density at radius 1 is 1.33 bits per heavy atom. The Balaban J connectivity index is 4.42. The van der Waals surface area contributed by atoms with Crippen LogP contribution in [-0.2, 0) is 9.59 Å². The van der Waals surface area contributed by atoms with Gasteiger partial charge in [0.1, 0.15) is 30.6 Å². The topological polar surface area (TPSA) is 127 Å². The second kappa shape index (κ2) is 6.46. The summed E-state index contributed by atoms with van der Waals surface area (Å²) in [5.41, 5.74) is 0. The van der Waals surface area contributed by atoms with Gasteiger partial charge in [-0.25, -0.2) is 0 Å². The van der Waals surface area contributed by atoms with E-state index in [4.69, 9.17) is 10.2 Å². The van der Waals surface area contributed by atoms with Gasteiger partial charge < -0.3 is 30.5 Å². The molecule has 0 radical (unpaired) electrons. The average molecular weight is 223 g/mol. The number of rotatable bonds is 6. The zero-order valence-corrected chi connectivity index (χ0v) is 8.20. The highest BCUT2D eigenvalue weighted by Crippen LogP contribution is 2.03. The zero-order chi connectivity index (χ0) is 12.0. The van der Waals surface area contributed by atoms with Crippen molar-refractivity contribution >= 4 is 12.2 Å². The maximum absolute atomic E-state index is 10.6. The largest absolute Gasteiger partial charge is 0.394 e. The minimum atomic E-state index is -1.71. The van der Waals surface area contributed by atoms with Crippen LogP contribution < -0.4 is 5.32 Å². The molecule has 7 nitrogen and oxygen atoms in total. The fourth-order valence-electron chi connectivity index (χ4n) is 0.983. The highest BCUT2D eigenvalue weighted by atomic mass is 16.4. The molecule has 7 heteroatoms. The number of hydrogen-bond acceptors (Lipinski definition) is 6. The van der Waals surface area contributed by atoms with Gasteiger partial charge in [0.15, 0.2) is 0 Å². The molecule has 0 unspecified atom stereocenters. The maximum atomic E-state index is 10.6. The van der Waals surface area contributed by atoms with E-state index in [0.29, 0.717) is 0 Å². The molecule has 0 aromatic rings. The van der Waals surface area contributed by atoms with Crippen molar-refractivity contribution in [3.63, 3.8) is 0 Å². The lowest BCUT2D eigenvalue weighted by atomic mass is 10.0. The van der Waals surface area contributed by atoms with Crippen molar-refractivity contribution in [3.8, 4) is 0 Å². The van der Waals surface area contributed by atoms with E-state index in [-0.39, 0.29) is 6.29 Å². The molecule has 0 bridgehead atoms. The van der Waals surface area contributed by atoms with Crippen molar-refractivity contribution in [3.05, 3.63) is 0 Å². The predicted molar refractivity (Wildman–Crippen MR) is 48.8 cm³/mol. The zero-order valence-electron chi connectivity index (χ0n) is 8.20. The lowest BCUT2D eigenvalue weighted by Crippen LogP contribution is -2.53. The Labute approximate surface area is 86.3 Å². The van der Waals surface area contributed by atoms with Crippen LogP contribution in [0.25, 0.3) is 0 Å². The van der Waals surface area contributed by atoms with Crippen molar-refractivity contribution in [1.82, 2.24) is 5.32 Å². The molecule has 0 spiro atoms. The van der Waals surface area contributed by atoms with Crippen molar-refractivity contribution < 1.29 is 30.0 Å². The van der Waals surface area contributed by atoms with E-state index in [1.165, 1.54) is 0 Å². The number of hydrogen-bond donors (Lipinski definition) is 5. The summed E-state index contributed by atoms with van der Waals surface area (Å²) >= 11 is 0. The summed E-state index contributed by atoms with van der Waals surface area (Å²) in [6.07, 6.45) is -4.72. The van der Waals surface area contributed by atoms with Crippen LogP contribution in [0.3, 0.4) is 0 Å². The van der Waals surface area contributed by atoms with Gasteiger partial charge in [-0.3, -0.25) is 4.79 Å². The Hall–Kier alpha value is -1.02. The average Bonchev–Trinajstić information content (AvgIpc) is 2.22. The number of carbonyl (C=O) groups is 2. The van der Waals surface area contributed by atoms with Crippen LogP contribution in [0.4, 0.5) is 0 Å². The molecule has 15 heavy (non-hydrogen) atoms. The summed E-state index contributed by atoms with van der Waals surface area (Å²) in [7, 11) is 0. The molecule has 1 amide bonds. The second-order valence-electron chi connectivity index (χ2n) is 3.09. The third-order valence-electron chi connectivity index (χ3n) is 1.82. The first-order valence-electron chi connectivity index (χ1n) is 4.31. The van der Waals surface area contributed by atoms with Crippen molar-refractivity contribution in [1.29, 1.82) is 0 Å². The Morgan fingerprint density at radius 2 is 1.87 bits per heavy atom. The van der Waals surface area contributed by atoms with E-state index in [1.807, 2.05) is 0 Å². The van der Waals surface area contributed by atoms with Crippen LogP contribution in [0.15, 0.2) is 0 Å². The summed E-state index contributed by atoms with van der Waals surface area (Å²) in [5, 5.41) is 38.2. The monoisotopic (exact) mass is 223 g/mol. The number of aliphatic hydroxyl groups is 4. The SMILES string of the molecule is C[14C](=O)N[C@@H](C=O)[C@@H](O)[C@H](O)[C@H](O)CO. The van der Waals surface area contributed by atoms with E-state index >= 15 is 0 Å². The maximum Gasteiger partial charge on any atom is 0.217 e. The number of aldehydes is 1. The molecule has 4 atom stereocenters. The first-order chi connectivity index (χ1) is 6.93. The summed E-state index contributed by atoms with van der Waals surface area (Å²) < 4.78 is 0. The highest BCUT2D eigenvalue weighted by Gasteiger charge is 2.31. The molecule has 0 aliphatic rings. The summed E-state index contributed by atoms with van der Waals surface area (Å²) in [4.78, 5) is 21.1. The molecule has 88 valence electrons. The van der Waals surface area contributed by atoms with Gasteiger partial charge in [-0.15, -0.1) is 0 Å². The van der Waals surface area contributed by atoms with E-state index in [9.17, 15) is 19.8 Å². The number of amides is 1. The van der Waals surface area contributed by atoms with Gasteiger partial charge in [0, 0.05) is 6.92 Å². The first kappa shape index (κ1) is 14.0. The second-order valence-corrected chi connectivity index (χ2v) is 3.09. The molecule has 0 fully saturated rings. The van der Waals surface area contributed by atoms with E-state index in [0.717, 1.165) is 6.92 Å². The van der Waals surface area contributed by atoms with Crippen LogP contribution in [-0.4, -0.2) is 63.6 Å². The van der Waals surface area contributed by atoms with Gasteiger partial charge in [0.05, 0.1) is 6.61 Å². The summed E-state index contributed by atoms with van der Waals surface area (Å²) in [5.74, 6) is -0.558. The quantitative estimate of drug-likeness (QED) is 0.301. The summed E-state index contributed by atoms with van der Waals surface area (Å²) in [6.45, 7) is 0.377. The normalized spacial score (nSPS) is 18.7. The third kappa shape index (κ3) is 4.34. The minimum Gasteiger partial charge on any atom is -0.394 e. The van der Waals surface area contributed by atoms with Gasteiger partial charge in [0.2, 0.25) is 5.91 Å². The molecule has 0 heterocycles. The van der Waals surface area contributed by atoms with Crippen LogP contribution in [0.5, 0.6) is 0 Å². The van der Waals surface area contributed by atoms with Gasteiger partial charge in [-0.1, -0.05) is 0 Å². The molecule has 0 rings (SSSR count). The summed E-state index contributed by atoms with van der Waals surface area (Å²) in [6, 6.07) is -1.32. The molecule has 0 aromatic carbocycles. The van der Waals surface area contributed by atoms with Gasteiger partial charge in [0.25, 0.3) is 0 Å². The molecule has 5 N–H and O–H groups in total. The Morgan fingerprint density at radius 3 is 2.20 bits per heavy atom. The van der Waals surface area contributed by atoms with Crippen LogP contribution in [0.1, 0.15) is 6.92 Å². The van der Waals surface area contributed by atoms with Gasteiger partial charge >= 0.3 is 0 Å². The standard InChI is InChI=1S/C8H15NO6/c1-4(12)9-5(2-10)7(14)8(15)6(13)3-11/h2,5-8,11,13-15H,3H2,1H3,(H,9,12)/t5-,6+,7+,8+/m0/s1/i4+2. The molecular weight excluding hydrogens is 208 g/mol. The lowest BCUT2D eigenvalue weighted by molar-refractivity contribution is -0.129. The van der Waals surface area contributed by atoms with E-state index in [2.05, 4.69) is 5.32 Å². The smallest absolute Gasteiger partial charge is 0.217 e. The van der Waals surface area contributed by atoms with Crippen molar-refractivity contribution in [2.24, 2.45) is 0 Å². The van der Waals surface area contributed by atoms with E-state index in [1.54, 1.807) is 0 Å². The fraction of sp³-hybridized carbons (Fsp3) is 0.750. The fourth-order valence-corrected chi connectivity index (χ4v) is 0.983. The molecule has 0 saturated heterocycles. The molecule has 0 aromatic heterocycles. The van der Waals surface area contributed by atoms with Crippen molar-refractivity contribution in [2.45, 2.75) is 31.3 Å². The first-order valence-corrected chi connectivity index (χ1v) is 4.31. The number of aliphatic hydroxyl groups excluding tert-OH is 4. The van der Waals surface area contributed by atoms with Crippen LogP contribution in [0.2, 0.25) is 0 Å². The third-order valence-corrected chi connectivity index (χ3v) is 1.82. The van der Waals surface area contributed by atoms with Crippen LogP contribution >= 0.6 is 0 Å². The molecular formula is C8H15NO6. The minimum absolute atomic E-state index is 0.235. The molecule has 0 aliphatic heterocycles. The van der Waals surface area contributed by atoms with Crippen molar-refractivity contribution in [2.75, 3.05) is 6.61 Å². The van der Waals surface area contributed by atoms with Crippen LogP contribution in [0, 0.1) is 0 Å². The molecule has 0 saturated carbocycles. The predicted octanol–water partition coefficient (Wildman–Crippen LogP) is -3.23. The van der Waals surface area contributed by atoms with Gasteiger partial charge in [-0.05, 0) is 0 Å². The van der Waals surface area contributed by atoms with Gasteiger partial charge in [-0.2, -0.15) is 0 Å². The van der Waals surface area contributed by atoms with E-state index < -0.39 is 36.9 Å². The Kier molecular flexibility index (Phi) is 6.02.